The maximum atomic E-state index is 11.8. The summed E-state index contributed by atoms with van der Waals surface area (Å²) in [7, 11) is 3.09. The highest BCUT2D eigenvalue weighted by molar-refractivity contribution is 6.00. The second-order valence-electron chi connectivity index (χ2n) is 14.2. The molecular formula is C46H55ClN6O12. The van der Waals surface area contributed by atoms with Crippen LogP contribution in [0.2, 0.25) is 0 Å². The van der Waals surface area contributed by atoms with Crippen molar-refractivity contribution in [3.05, 3.63) is 133 Å². The molecule has 0 unspecified atom stereocenters. The number of halogens is 1. The lowest BCUT2D eigenvalue weighted by molar-refractivity contribution is -0.440. The number of Topliss-reactive ketones (excluding diaryl/α,β-unsaturated/α-hetero) is 2. The summed E-state index contributed by atoms with van der Waals surface area (Å²) in [6, 6.07) is 23.8. The topological polar surface area (TPSA) is 249 Å². The monoisotopic (exact) mass is 918 g/mol. The van der Waals surface area contributed by atoms with Gasteiger partial charge in [0.15, 0.2) is 0 Å². The van der Waals surface area contributed by atoms with Crippen LogP contribution in [-0.4, -0.2) is 77.1 Å². The highest BCUT2D eigenvalue weighted by Crippen LogP contribution is 2.35. The third-order valence-electron chi connectivity index (χ3n) is 9.76. The van der Waals surface area contributed by atoms with Gasteiger partial charge in [0.2, 0.25) is 0 Å². The zero-order chi connectivity index (χ0) is 47.5. The molecule has 0 aliphatic heterocycles. The summed E-state index contributed by atoms with van der Waals surface area (Å²) in [6.07, 6.45) is 0.892. The number of aryl methyl sites for hydroxylation is 1. The Labute approximate surface area is 383 Å². The Morgan fingerprint density at radius 2 is 1.22 bits per heavy atom. The minimum Gasteiger partial charge on any atom is -1.00 e. The van der Waals surface area contributed by atoms with Crippen LogP contribution < -0.4 is 33.1 Å². The third kappa shape index (κ3) is 15.9. The minimum atomic E-state index is -0.689. The van der Waals surface area contributed by atoms with E-state index in [1.54, 1.807) is 62.0 Å². The second kappa shape index (κ2) is 26.6. The van der Waals surface area contributed by atoms with E-state index in [-0.39, 0.29) is 66.8 Å². The number of nitrogens with one attached hydrogen (secondary N) is 1. The number of methoxy groups -OCH3 is 2. The Morgan fingerprint density at radius 1 is 0.738 bits per heavy atom. The summed E-state index contributed by atoms with van der Waals surface area (Å²) in [4.78, 5) is 66.8. The number of carbonyl (C=O) groups is 4. The molecule has 0 radical (unpaired) electrons. The Bertz CT molecular complexity index is 2430. The molecule has 4 N–H and O–H groups in total. The number of non-ortho nitro benzene ring substituents is 2. The van der Waals surface area contributed by atoms with Crippen LogP contribution in [0.4, 0.5) is 11.4 Å². The van der Waals surface area contributed by atoms with E-state index in [0.717, 1.165) is 33.6 Å². The summed E-state index contributed by atoms with van der Waals surface area (Å²) in [6.45, 7) is 11.2. The Balaban J connectivity index is 0.000000384. The first kappa shape index (κ1) is 54.1. The number of nitrogens with zero attached hydrogens (tertiary/aromatic N) is 4. The van der Waals surface area contributed by atoms with Crippen LogP contribution in [0.3, 0.4) is 0 Å². The zero-order valence-electron chi connectivity index (χ0n) is 37.7. The van der Waals surface area contributed by atoms with Gasteiger partial charge in [0.25, 0.3) is 11.4 Å². The van der Waals surface area contributed by atoms with Gasteiger partial charge in [0, 0.05) is 53.1 Å². The number of rotatable bonds is 18. The molecule has 0 fully saturated rings. The van der Waals surface area contributed by atoms with Crippen molar-refractivity contribution >= 4 is 34.9 Å². The molecule has 19 heteroatoms. The van der Waals surface area contributed by atoms with E-state index in [4.69, 9.17) is 14.2 Å². The summed E-state index contributed by atoms with van der Waals surface area (Å²) < 4.78 is 22.1. The molecule has 0 bridgehead atoms. The highest BCUT2D eigenvalue weighted by atomic mass is 35.5. The number of aromatic nitrogens is 2. The molecule has 0 aliphatic rings. The standard InChI is InChI=1S/C23H25N3O5.C19H19NO5.C4H10N2O2.ClH/c1-5-31-23(27)14-25-16(3)20(15(2)24-25)11-17-9-10-22(30-4)21(12-17)18-7-6-8-19(13-18)26(28)29;1-12(21)17(13(2)22)9-14-7-8-19(25-3)18(10-14)15-5-4-6-16(11-15)20(23)24;1-2-8-4(7)3-6-5;/h6-10,12-13H,5,11,14H2,1-4H3;4-8,10-11,17H,9H2,1-3H3;6H,2-3,5H2,1H3;1H. The van der Waals surface area contributed by atoms with Gasteiger partial charge in [-0.05, 0) is 94.5 Å². The van der Waals surface area contributed by atoms with E-state index in [0.29, 0.717) is 47.8 Å². The van der Waals surface area contributed by atoms with Crippen molar-refractivity contribution in [2.75, 3.05) is 34.0 Å². The van der Waals surface area contributed by atoms with Gasteiger partial charge in [-0.15, -0.1) is 0 Å². The van der Waals surface area contributed by atoms with E-state index < -0.39 is 15.8 Å². The Hall–Kier alpha value is -7.02. The molecule has 0 aliphatic carbocycles. The molecule has 5 rings (SSSR count). The molecule has 0 saturated heterocycles. The number of benzene rings is 4. The quantitative estimate of drug-likeness (QED) is 0.0555. The fourth-order valence-corrected chi connectivity index (χ4v) is 6.57. The number of nitro groups is 2. The lowest BCUT2D eigenvalue weighted by Crippen LogP contribution is -3.00. The second-order valence-corrected chi connectivity index (χ2v) is 14.2. The number of ketones is 2. The fraction of sp³-hybridized carbons (Fsp3) is 0.326. The van der Waals surface area contributed by atoms with Gasteiger partial charge in [0.05, 0.1) is 48.9 Å². The van der Waals surface area contributed by atoms with Gasteiger partial charge in [-0.3, -0.25) is 49.9 Å². The third-order valence-corrected chi connectivity index (χ3v) is 9.76. The van der Waals surface area contributed by atoms with Crippen LogP contribution in [0.25, 0.3) is 22.3 Å². The first-order valence-corrected chi connectivity index (χ1v) is 20.2. The summed E-state index contributed by atoms with van der Waals surface area (Å²) in [5, 5.41) is 26.7. The van der Waals surface area contributed by atoms with Crippen molar-refractivity contribution < 1.29 is 66.2 Å². The number of esters is 2. The highest BCUT2D eigenvalue weighted by Gasteiger charge is 2.21. The maximum Gasteiger partial charge on any atom is 0.327 e. The molecule has 18 nitrogen and oxygen atoms in total. The van der Waals surface area contributed by atoms with Crippen molar-refractivity contribution in [2.45, 2.75) is 60.9 Å². The van der Waals surface area contributed by atoms with Crippen molar-refractivity contribution in [2.24, 2.45) is 5.92 Å². The maximum absolute atomic E-state index is 11.8. The van der Waals surface area contributed by atoms with Crippen LogP contribution >= 0.6 is 0 Å². The molecule has 65 heavy (non-hydrogen) atoms. The van der Waals surface area contributed by atoms with E-state index >= 15 is 0 Å². The van der Waals surface area contributed by atoms with Crippen LogP contribution in [0.5, 0.6) is 11.5 Å². The van der Waals surface area contributed by atoms with Crippen molar-refractivity contribution in [1.82, 2.24) is 15.2 Å². The predicted molar refractivity (Wildman–Crippen MR) is 237 cm³/mol. The normalized spacial score (nSPS) is 10.2. The van der Waals surface area contributed by atoms with Gasteiger partial charge in [-0.1, -0.05) is 36.4 Å². The number of quaternary nitrogens is 1. The number of hydrogen-bond acceptors (Lipinski definition) is 14. The molecule has 0 spiro atoms. The first-order valence-electron chi connectivity index (χ1n) is 20.2. The van der Waals surface area contributed by atoms with E-state index in [1.807, 2.05) is 38.1 Å². The van der Waals surface area contributed by atoms with E-state index in [2.05, 4.69) is 21.1 Å². The lowest BCUT2D eigenvalue weighted by atomic mass is 9.91. The molecule has 0 atom stereocenters. The fourth-order valence-electron chi connectivity index (χ4n) is 6.57. The average molecular weight is 919 g/mol. The largest absolute Gasteiger partial charge is 1.00 e. The Morgan fingerprint density at radius 3 is 1.66 bits per heavy atom. The molecule has 348 valence electrons. The molecule has 0 saturated carbocycles. The minimum absolute atomic E-state index is 0. The molecule has 5 aromatic rings. The number of hydrogen-bond donors (Lipinski definition) is 2. The number of carbonyl (C=O) groups excluding carboxylic acids is 4. The molecule has 4 aromatic carbocycles. The predicted octanol–water partition coefficient (Wildman–Crippen LogP) is 3.14. The van der Waals surface area contributed by atoms with Gasteiger partial charge in [-0.2, -0.15) is 10.5 Å². The summed E-state index contributed by atoms with van der Waals surface area (Å²) >= 11 is 0. The first-order chi connectivity index (χ1) is 30.5. The van der Waals surface area contributed by atoms with E-state index in [1.165, 1.54) is 45.2 Å². The summed E-state index contributed by atoms with van der Waals surface area (Å²) in [5.41, 5.74) is 9.79. The van der Waals surface area contributed by atoms with Crippen LogP contribution in [0.15, 0.2) is 84.9 Å². The average Bonchev–Trinajstić information content (AvgIpc) is 3.52. The summed E-state index contributed by atoms with van der Waals surface area (Å²) in [5.74, 6) is 2.82. The van der Waals surface area contributed by atoms with Gasteiger partial charge in [-0.25, -0.2) is 0 Å². The smallest absolute Gasteiger partial charge is 0.327 e. The lowest BCUT2D eigenvalue weighted by Gasteiger charge is -2.14. The molecule has 0 amide bonds. The van der Waals surface area contributed by atoms with Gasteiger partial charge < -0.3 is 31.4 Å². The molecular weight excluding hydrogens is 864 g/mol. The zero-order valence-corrected chi connectivity index (χ0v) is 38.4. The van der Waals surface area contributed by atoms with Crippen molar-refractivity contribution in [3.8, 4) is 33.8 Å². The SMILES string of the molecule is CCOC(=O)CN[NH3+].CCOC(=O)Cn1nc(C)c(Cc2ccc(OC)c(-c3cccc([N+](=O)[O-])c3)c2)c1C.COc1ccc(CC(C(C)=O)C(C)=O)cc1-c1cccc([N+](=O)[O-])c1.[Cl-]. The van der Waals surface area contributed by atoms with Gasteiger partial charge in [0.1, 0.15) is 36.2 Å². The number of nitro benzene ring substituents is 2. The molecule has 1 aromatic heterocycles. The van der Waals surface area contributed by atoms with Crippen molar-refractivity contribution in [3.63, 3.8) is 0 Å². The Kier molecular flexibility index (Phi) is 22.1. The van der Waals surface area contributed by atoms with E-state index in [9.17, 15) is 39.4 Å². The van der Waals surface area contributed by atoms with Crippen LogP contribution in [0, 0.1) is 40.0 Å². The van der Waals surface area contributed by atoms with Crippen LogP contribution in [0.1, 0.15) is 55.8 Å². The molecule has 1 heterocycles. The van der Waals surface area contributed by atoms with Crippen molar-refractivity contribution in [1.29, 1.82) is 0 Å². The van der Waals surface area contributed by atoms with Crippen LogP contribution in [-0.2, 0) is 48.0 Å². The van der Waals surface area contributed by atoms with Gasteiger partial charge >= 0.3 is 11.9 Å². The number of ether oxygens (including phenoxy) is 4.